The highest BCUT2D eigenvalue weighted by atomic mass is 35.5. The molecular formula is C18H24ClN3O. The van der Waals surface area contributed by atoms with Gasteiger partial charge >= 0.3 is 0 Å². The Hall–Kier alpha value is -1.39. The molecule has 1 aliphatic carbocycles. The van der Waals surface area contributed by atoms with Crippen LogP contribution in [0.25, 0.3) is 10.9 Å². The third-order valence-corrected chi connectivity index (χ3v) is 4.66. The lowest BCUT2D eigenvalue weighted by Crippen LogP contribution is -2.26. The third-order valence-electron chi connectivity index (χ3n) is 4.35. The largest absolute Gasteiger partial charge is 0.307 e. The van der Waals surface area contributed by atoms with Gasteiger partial charge in [0.15, 0.2) is 5.78 Å². The highest BCUT2D eigenvalue weighted by Crippen LogP contribution is 2.35. The number of fused-ring (bicyclic) bond motifs is 1. The maximum atomic E-state index is 12.2. The number of carbonyl (C=O) groups excluding carboxylic acids is 1. The van der Waals surface area contributed by atoms with Crippen LogP contribution in [-0.2, 0) is 23.7 Å². The number of ketones is 1. The molecule has 1 heterocycles. The van der Waals surface area contributed by atoms with Gasteiger partial charge in [-0.1, -0.05) is 38.4 Å². The lowest BCUT2D eigenvalue weighted by atomic mass is 9.85. The molecule has 1 fully saturated rings. The predicted molar refractivity (Wildman–Crippen MR) is 94.2 cm³/mol. The average Bonchev–Trinajstić information content (AvgIpc) is 3.21. The summed E-state index contributed by atoms with van der Waals surface area (Å²) in [6, 6.07) is 4.52. The average molecular weight is 334 g/mol. The highest BCUT2D eigenvalue weighted by molar-refractivity contribution is 6.35. The van der Waals surface area contributed by atoms with E-state index in [2.05, 4.69) is 37.3 Å². The first-order valence-electron chi connectivity index (χ1n) is 8.17. The summed E-state index contributed by atoms with van der Waals surface area (Å²) in [7, 11) is 1.92. The summed E-state index contributed by atoms with van der Waals surface area (Å²) < 4.78 is 1.86. The van der Waals surface area contributed by atoms with E-state index in [1.807, 2.05) is 17.8 Å². The van der Waals surface area contributed by atoms with Crippen molar-refractivity contribution in [2.24, 2.45) is 7.05 Å². The summed E-state index contributed by atoms with van der Waals surface area (Å²) in [6.07, 6.45) is 2.69. The van der Waals surface area contributed by atoms with Crippen molar-refractivity contribution in [3.8, 4) is 0 Å². The Morgan fingerprint density at radius 1 is 1.39 bits per heavy atom. The molecule has 0 saturated heterocycles. The Balaban J connectivity index is 1.96. The first kappa shape index (κ1) is 16.5. The van der Waals surface area contributed by atoms with E-state index in [1.165, 1.54) is 18.4 Å². The van der Waals surface area contributed by atoms with Gasteiger partial charge in [0.1, 0.15) is 0 Å². The Kier molecular flexibility index (Phi) is 4.23. The zero-order chi connectivity index (χ0) is 16.8. The number of rotatable bonds is 5. The molecule has 1 aromatic carbocycles. The molecule has 1 aliphatic rings. The van der Waals surface area contributed by atoms with E-state index in [4.69, 9.17) is 11.6 Å². The van der Waals surface area contributed by atoms with Crippen molar-refractivity contribution < 1.29 is 4.79 Å². The smallest absolute Gasteiger partial charge is 0.152 e. The minimum Gasteiger partial charge on any atom is -0.307 e. The highest BCUT2D eigenvalue weighted by Gasteiger charge is 2.25. The van der Waals surface area contributed by atoms with Gasteiger partial charge in [0.05, 0.1) is 29.2 Å². The van der Waals surface area contributed by atoms with Gasteiger partial charge in [0, 0.05) is 18.5 Å². The van der Waals surface area contributed by atoms with Crippen LogP contribution in [0.3, 0.4) is 0 Å². The van der Waals surface area contributed by atoms with Crippen LogP contribution in [0.5, 0.6) is 0 Å². The minimum atomic E-state index is -0.00849. The molecule has 0 amide bonds. The fourth-order valence-electron chi connectivity index (χ4n) is 2.98. The molecule has 4 nitrogen and oxygen atoms in total. The van der Waals surface area contributed by atoms with Gasteiger partial charge in [-0.15, -0.1) is 0 Å². The van der Waals surface area contributed by atoms with Crippen molar-refractivity contribution in [1.82, 2.24) is 15.1 Å². The molecular weight excluding hydrogens is 310 g/mol. The molecule has 5 heteroatoms. The molecule has 124 valence electrons. The maximum absolute atomic E-state index is 12.2. The Bertz CT molecular complexity index is 754. The van der Waals surface area contributed by atoms with Gasteiger partial charge < -0.3 is 5.32 Å². The van der Waals surface area contributed by atoms with Gasteiger partial charge in [-0.25, -0.2) is 0 Å². The van der Waals surface area contributed by atoms with Gasteiger partial charge in [0.25, 0.3) is 0 Å². The number of nitrogens with one attached hydrogen (secondary N) is 1. The minimum absolute atomic E-state index is 0.00849. The van der Waals surface area contributed by atoms with Crippen LogP contribution in [0.2, 0.25) is 5.02 Å². The van der Waals surface area contributed by atoms with Crippen molar-refractivity contribution >= 4 is 28.3 Å². The molecule has 1 saturated carbocycles. The molecule has 0 atom stereocenters. The fraction of sp³-hybridized carbons (Fsp3) is 0.556. The summed E-state index contributed by atoms with van der Waals surface area (Å²) in [5.41, 5.74) is 3.00. The van der Waals surface area contributed by atoms with Gasteiger partial charge in [0.2, 0.25) is 0 Å². The number of benzene rings is 1. The van der Waals surface area contributed by atoms with E-state index < -0.39 is 0 Å². The number of Topliss-reactive ketones (excluding diaryl/α,β-unsaturated/α-hetero) is 1. The van der Waals surface area contributed by atoms with E-state index in [0.29, 0.717) is 24.0 Å². The SMILES string of the molecule is Cn1nc(CC(=O)CNC2CC2)c2c(Cl)ccc(C(C)(C)C)c21. The van der Waals surface area contributed by atoms with Crippen LogP contribution >= 0.6 is 11.6 Å². The third kappa shape index (κ3) is 3.43. The maximum Gasteiger partial charge on any atom is 0.152 e. The van der Waals surface area contributed by atoms with Crippen LogP contribution in [0, 0.1) is 0 Å². The number of aromatic nitrogens is 2. The number of hydrogen-bond acceptors (Lipinski definition) is 3. The summed E-state index contributed by atoms with van der Waals surface area (Å²) in [4.78, 5) is 12.2. The number of nitrogens with zero attached hydrogens (tertiary/aromatic N) is 2. The molecule has 3 rings (SSSR count). The second kappa shape index (κ2) is 5.91. The lowest BCUT2D eigenvalue weighted by Gasteiger charge is -2.21. The summed E-state index contributed by atoms with van der Waals surface area (Å²) in [5, 5.41) is 9.44. The zero-order valence-corrected chi connectivity index (χ0v) is 15.0. The van der Waals surface area contributed by atoms with Crippen molar-refractivity contribution in [2.45, 2.75) is 51.5 Å². The van der Waals surface area contributed by atoms with E-state index in [1.54, 1.807) is 0 Å². The van der Waals surface area contributed by atoms with Crippen molar-refractivity contribution in [2.75, 3.05) is 6.54 Å². The normalized spacial score (nSPS) is 15.3. The number of hydrogen-bond donors (Lipinski definition) is 1. The Morgan fingerprint density at radius 2 is 2.09 bits per heavy atom. The van der Waals surface area contributed by atoms with E-state index >= 15 is 0 Å². The van der Waals surface area contributed by atoms with E-state index in [9.17, 15) is 4.79 Å². The van der Waals surface area contributed by atoms with Crippen LogP contribution in [0.1, 0.15) is 44.9 Å². The Morgan fingerprint density at radius 3 is 2.70 bits per heavy atom. The zero-order valence-electron chi connectivity index (χ0n) is 14.2. The van der Waals surface area contributed by atoms with Crippen molar-refractivity contribution in [1.29, 1.82) is 0 Å². The molecule has 1 aromatic heterocycles. The van der Waals surface area contributed by atoms with Crippen LogP contribution in [-0.4, -0.2) is 28.2 Å². The number of carbonyl (C=O) groups is 1. The molecule has 0 bridgehead atoms. The molecule has 1 N–H and O–H groups in total. The van der Waals surface area contributed by atoms with Crippen molar-refractivity contribution in [3.05, 3.63) is 28.4 Å². The van der Waals surface area contributed by atoms with Gasteiger partial charge in [-0.05, 0) is 29.9 Å². The first-order chi connectivity index (χ1) is 10.8. The van der Waals surface area contributed by atoms with Crippen LogP contribution in [0.15, 0.2) is 12.1 Å². The number of aryl methyl sites for hydroxylation is 1. The second-order valence-corrected chi connectivity index (χ2v) is 7.92. The molecule has 2 aromatic rings. The molecule has 0 unspecified atom stereocenters. The predicted octanol–water partition coefficient (Wildman–Crippen LogP) is 3.39. The van der Waals surface area contributed by atoms with Crippen LogP contribution < -0.4 is 5.32 Å². The van der Waals surface area contributed by atoms with Crippen molar-refractivity contribution in [3.63, 3.8) is 0 Å². The summed E-state index contributed by atoms with van der Waals surface area (Å²) >= 11 is 6.44. The van der Waals surface area contributed by atoms with E-state index in [0.717, 1.165) is 16.6 Å². The van der Waals surface area contributed by atoms with Crippen LogP contribution in [0.4, 0.5) is 0 Å². The quantitative estimate of drug-likeness (QED) is 0.912. The van der Waals surface area contributed by atoms with Gasteiger partial charge in [-0.2, -0.15) is 5.10 Å². The van der Waals surface area contributed by atoms with Gasteiger partial charge in [-0.3, -0.25) is 9.48 Å². The topological polar surface area (TPSA) is 46.9 Å². The standard InChI is InChI=1S/C18H24ClN3O/c1-18(2,3)13-7-8-14(19)16-15(21-22(4)17(13)16)9-12(23)10-20-11-5-6-11/h7-8,11,20H,5-6,9-10H2,1-4H3. The monoisotopic (exact) mass is 333 g/mol. The number of halogens is 1. The Labute approximate surface area is 142 Å². The fourth-order valence-corrected chi connectivity index (χ4v) is 3.24. The van der Waals surface area contributed by atoms with E-state index in [-0.39, 0.29) is 11.2 Å². The summed E-state index contributed by atoms with van der Waals surface area (Å²) in [6.45, 7) is 6.94. The first-order valence-corrected chi connectivity index (χ1v) is 8.55. The molecule has 0 aliphatic heterocycles. The molecule has 0 radical (unpaired) electrons. The lowest BCUT2D eigenvalue weighted by molar-refractivity contribution is -0.117. The molecule has 0 spiro atoms. The summed E-state index contributed by atoms with van der Waals surface area (Å²) in [5.74, 6) is 0.161. The molecule has 23 heavy (non-hydrogen) atoms. The second-order valence-electron chi connectivity index (χ2n) is 7.51.